The van der Waals surface area contributed by atoms with E-state index < -0.39 is 16.1 Å². The van der Waals surface area contributed by atoms with Crippen LogP contribution in [0.1, 0.15) is 0 Å². The molecule has 0 atom stereocenters. The summed E-state index contributed by atoms with van der Waals surface area (Å²) >= 11 is 3.20. The highest BCUT2D eigenvalue weighted by Gasteiger charge is 2.30. The molecular formula is C13H10BrNO4S. The van der Waals surface area contributed by atoms with Crippen molar-refractivity contribution >= 4 is 37.7 Å². The maximum atomic E-state index is 12.4. The molecule has 0 spiro atoms. The van der Waals surface area contributed by atoms with E-state index in [1.165, 1.54) is 36.4 Å². The average Bonchev–Trinajstić information content (AvgIpc) is 2.39. The van der Waals surface area contributed by atoms with E-state index in [-0.39, 0.29) is 10.6 Å². The third kappa shape index (κ3) is 2.83. The van der Waals surface area contributed by atoms with Crippen LogP contribution in [0, 0.1) is 0 Å². The fourth-order valence-electron chi connectivity index (χ4n) is 1.63. The topological polar surface area (TPSA) is 74.7 Å². The van der Waals surface area contributed by atoms with Crippen molar-refractivity contribution in [2.24, 2.45) is 0 Å². The van der Waals surface area contributed by atoms with Crippen LogP contribution in [-0.2, 0) is 10.0 Å². The SMILES string of the molecule is O=C(O)N(c1ccccc1)S(=O)(=O)c1ccc(Br)cc1. The molecule has 7 heteroatoms. The van der Waals surface area contributed by atoms with E-state index in [0.29, 0.717) is 8.78 Å². The lowest BCUT2D eigenvalue weighted by atomic mass is 10.3. The highest BCUT2D eigenvalue weighted by Crippen LogP contribution is 2.24. The normalized spacial score (nSPS) is 11.1. The molecule has 2 aromatic rings. The van der Waals surface area contributed by atoms with Gasteiger partial charge in [-0.1, -0.05) is 34.1 Å². The minimum Gasteiger partial charge on any atom is -0.464 e. The van der Waals surface area contributed by atoms with Crippen LogP contribution in [0.15, 0.2) is 64.0 Å². The Kier molecular flexibility index (Phi) is 4.10. The van der Waals surface area contributed by atoms with E-state index in [0.717, 1.165) is 0 Å². The van der Waals surface area contributed by atoms with Crippen LogP contribution in [0.5, 0.6) is 0 Å². The fraction of sp³-hybridized carbons (Fsp3) is 0. The minimum absolute atomic E-state index is 0.0721. The summed E-state index contributed by atoms with van der Waals surface area (Å²) in [7, 11) is -4.16. The summed E-state index contributed by atoms with van der Waals surface area (Å²) in [5.74, 6) is 0. The van der Waals surface area contributed by atoms with Gasteiger partial charge in [0.25, 0.3) is 10.0 Å². The number of halogens is 1. The van der Waals surface area contributed by atoms with Gasteiger partial charge in [0.05, 0.1) is 10.6 Å². The van der Waals surface area contributed by atoms with Crippen molar-refractivity contribution in [2.75, 3.05) is 4.31 Å². The Morgan fingerprint density at radius 3 is 2.05 bits per heavy atom. The zero-order valence-corrected chi connectivity index (χ0v) is 12.5. The van der Waals surface area contributed by atoms with Crippen molar-refractivity contribution < 1.29 is 18.3 Å². The van der Waals surface area contributed by atoms with Gasteiger partial charge < -0.3 is 5.11 Å². The third-order valence-electron chi connectivity index (χ3n) is 2.52. The first-order chi connectivity index (χ1) is 9.43. The molecule has 20 heavy (non-hydrogen) atoms. The molecular weight excluding hydrogens is 346 g/mol. The van der Waals surface area contributed by atoms with Gasteiger partial charge in [-0.15, -0.1) is 0 Å². The van der Waals surface area contributed by atoms with Gasteiger partial charge in [-0.3, -0.25) is 0 Å². The largest absolute Gasteiger partial charge is 0.464 e. The molecule has 0 aliphatic heterocycles. The number of amides is 1. The lowest BCUT2D eigenvalue weighted by molar-refractivity contribution is 0.206. The summed E-state index contributed by atoms with van der Waals surface area (Å²) < 4.78 is 25.9. The fourth-order valence-corrected chi connectivity index (χ4v) is 3.19. The zero-order valence-electron chi connectivity index (χ0n) is 10.1. The second-order valence-corrected chi connectivity index (χ2v) is 6.54. The Hall–Kier alpha value is -1.86. The highest BCUT2D eigenvalue weighted by molar-refractivity contribution is 9.10. The van der Waals surface area contributed by atoms with Gasteiger partial charge in [0, 0.05) is 4.47 Å². The van der Waals surface area contributed by atoms with Gasteiger partial charge in [-0.2, -0.15) is 4.31 Å². The molecule has 5 nitrogen and oxygen atoms in total. The zero-order chi connectivity index (χ0) is 14.8. The quantitative estimate of drug-likeness (QED) is 0.916. The molecule has 1 N–H and O–H groups in total. The first kappa shape index (κ1) is 14.5. The van der Waals surface area contributed by atoms with Crippen molar-refractivity contribution in [1.82, 2.24) is 0 Å². The number of hydrogen-bond acceptors (Lipinski definition) is 3. The number of carboxylic acid groups (broad SMARTS) is 1. The molecule has 0 aliphatic rings. The predicted molar refractivity (Wildman–Crippen MR) is 78.3 cm³/mol. The van der Waals surface area contributed by atoms with Gasteiger partial charge in [0.2, 0.25) is 0 Å². The summed E-state index contributed by atoms with van der Waals surface area (Å²) in [6.45, 7) is 0. The standard InChI is InChI=1S/C13H10BrNO4S/c14-10-6-8-12(9-7-10)20(18,19)15(13(16)17)11-4-2-1-3-5-11/h1-9H,(H,16,17). The van der Waals surface area contributed by atoms with Crippen LogP contribution in [-0.4, -0.2) is 19.6 Å². The Balaban J connectivity index is 2.54. The number of hydrogen-bond donors (Lipinski definition) is 1. The molecule has 2 rings (SSSR count). The molecule has 0 aliphatic carbocycles. The number of benzene rings is 2. The molecule has 104 valence electrons. The monoisotopic (exact) mass is 355 g/mol. The molecule has 1 amide bonds. The van der Waals surface area contributed by atoms with Crippen molar-refractivity contribution in [2.45, 2.75) is 4.90 Å². The van der Waals surface area contributed by atoms with E-state index >= 15 is 0 Å². The van der Waals surface area contributed by atoms with Crippen LogP contribution >= 0.6 is 15.9 Å². The summed E-state index contributed by atoms with van der Waals surface area (Å²) in [4.78, 5) is 11.2. The Labute approximate surface area is 124 Å². The lowest BCUT2D eigenvalue weighted by Gasteiger charge is -2.19. The third-order valence-corrected chi connectivity index (χ3v) is 4.76. The van der Waals surface area contributed by atoms with Crippen LogP contribution in [0.25, 0.3) is 0 Å². The van der Waals surface area contributed by atoms with E-state index in [9.17, 15) is 18.3 Å². The second kappa shape index (κ2) is 5.64. The van der Waals surface area contributed by atoms with Crippen LogP contribution in [0.4, 0.5) is 10.5 Å². The van der Waals surface area contributed by atoms with Gasteiger partial charge in [0.15, 0.2) is 0 Å². The van der Waals surface area contributed by atoms with Crippen molar-refractivity contribution in [3.05, 3.63) is 59.1 Å². The second-order valence-electron chi connectivity index (χ2n) is 3.84. The Bertz CT molecular complexity index is 714. The Morgan fingerprint density at radius 2 is 1.55 bits per heavy atom. The van der Waals surface area contributed by atoms with Crippen LogP contribution in [0.2, 0.25) is 0 Å². The highest BCUT2D eigenvalue weighted by atomic mass is 79.9. The van der Waals surface area contributed by atoms with Crippen LogP contribution in [0.3, 0.4) is 0 Å². The molecule has 0 bridgehead atoms. The first-order valence-electron chi connectivity index (χ1n) is 5.52. The Morgan fingerprint density at radius 1 is 1.00 bits per heavy atom. The summed E-state index contributed by atoms with van der Waals surface area (Å²) in [6.07, 6.45) is -1.56. The number of para-hydroxylation sites is 1. The smallest absolute Gasteiger partial charge is 0.426 e. The first-order valence-corrected chi connectivity index (χ1v) is 7.75. The molecule has 0 unspecified atom stereocenters. The van der Waals surface area contributed by atoms with Gasteiger partial charge in [0.1, 0.15) is 0 Å². The average molecular weight is 356 g/mol. The predicted octanol–water partition coefficient (Wildman–Crippen LogP) is 3.32. The van der Waals surface area contributed by atoms with Gasteiger partial charge in [-0.25, -0.2) is 13.2 Å². The van der Waals surface area contributed by atoms with Gasteiger partial charge >= 0.3 is 6.09 Å². The van der Waals surface area contributed by atoms with E-state index in [4.69, 9.17) is 0 Å². The molecule has 2 aromatic carbocycles. The number of carbonyl (C=O) groups is 1. The summed E-state index contributed by atoms with van der Waals surface area (Å²) in [5.41, 5.74) is 0.0721. The van der Waals surface area contributed by atoms with Crippen LogP contribution < -0.4 is 4.31 Å². The molecule has 0 aromatic heterocycles. The number of nitrogens with zero attached hydrogens (tertiary/aromatic N) is 1. The van der Waals surface area contributed by atoms with Crippen molar-refractivity contribution in [3.63, 3.8) is 0 Å². The lowest BCUT2D eigenvalue weighted by Crippen LogP contribution is -2.35. The maximum absolute atomic E-state index is 12.4. The van der Waals surface area contributed by atoms with E-state index in [1.54, 1.807) is 18.2 Å². The molecule has 0 saturated heterocycles. The van der Waals surface area contributed by atoms with Crippen molar-refractivity contribution in [3.8, 4) is 0 Å². The number of sulfonamides is 1. The van der Waals surface area contributed by atoms with E-state index in [2.05, 4.69) is 15.9 Å². The number of rotatable bonds is 3. The minimum atomic E-state index is -4.16. The molecule has 0 fully saturated rings. The molecule has 0 heterocycles. The summed E-state index contributed by atoms with van der Waals surface area (Å²) in [6, 6.07) is 13.4. The van der Waals surface area contributed by atoms with Crippen molar-refractivity contribution in [1.29, 1.82) is 0 Å². The summed E-state index contributed by atoms with van der Waals surface area (Å²) in [5, 5.41) is 9.22. The van der Waals surface area contributed by atoms with E-state index in [1.807, 2.05) is 0 Å². The molecule has 0 radical (unpaired) electrons. The maximum Gasteiger partial charge on any atom is 0.426 e. The number of anilines is 1. The van der Waals surface area contributed by atoms with Gasteiger partial charge in [-0.05, 0) is 36.4 Å². The molecule has 0 saturated carbocycles.